The molecule has 2 atom stereocenters. The van der Waals surface area contributed by atoms with Gasteiger partial charge in [-0.1, -0.05) is 0 Å². The minimum Gasteiger partial charge on any atom is -0.397 e. The first-order valence-electron chi connectivity index (χ1n) is 3.73. The molecule has 5 nitrogen and oxygen atoms in total. The Labute approximate surface area is 79.2 Å². The van der Waals surface area contributed by atoms with Crippen molar-refractivity contribution in [2.75, 3.05) is 5.73 Å². The Balaban J connectivity index is 3.03. The van der Waals surface area contributed by atoms with Crippen molar-refractivity contribution < 1.29 is 14.6 Å². The molecule has 74 valence electrons. The number of nitrogens with two attached hydrogens (primary N) is 1. The van der Waals surface area contributed by atoms with Gasteiger partial charge in [0.25, 0.3) is 0 Å². The maximum absolute atomic E-state index is 12.5. The van der Waals surface area contributed by atoms with E-state index in [0.29, 0.717) is 0 Å². The number of halogens is 1. The minimum absolute atomic E-state index is 0.105. The Morgan fingerprint density at radius 3 is 2.71 bits per heavy atom. The van der Waals surface area contributed by atoms with Crippen LogP contribution in [-0.2, 0) is 0 Å². The summed E-state index contributed by atoms with van der Waals surface area (Å²) in [6.45, 7) is 0. The molecular formula is C8H8FN3O2. The third-order valence-electron chi connectivity index (χ3n) is 1.63. The second kappa shape index (κ2) is 4.00. The number of nitrogen functional groups attached to an aromatic ring is 1. The Kier molecular flexibility index (Phi) is 2.96. The van der Waals surface area contributed by atoms with Gasteiger partial charge >= 0.3 is 0 Å². The van der Waals surface area contributed by atoms with Gasteiger partial charge in [-0.25, -0.2) is 4.39 Å². The summed E-state index contributed by atoms with van der Waals surface area (Å²) in [7, 11) is 0. The van der Waals surface area contributed by atoms with Crippen LogP contribution in [-0.4, -0.2) is 21.3 Å². The van der Waals surface area contributed by atoms with E-state index >= 15 is 0 Å². The van der Waals surface area contributed by atoms with Crippen LogP contribution in [0.2, 0.25) is 0 Å². The first kappa shape index (κ1) is 10.4. The zero-order valence-corrected chi connectivity index (χ0v) is 7.05. The maximum atomic E-state index is 12.5. The van der Waals surface area contributed by atoms with E-state index in [1.165, 1.54) is 6.07 Å². The van der Waals surface area contributed by atoms with Gasteiger partial charge in [-0.2, -0.15) is 5.26 Å². The maximum Gasteiger partial charge on any atom is 0.172 e. The van der Waals surface area contributed by atoms with Crippen molar-refractivity contribution in [1.29, 1.82) is 5.26 Å². The molecule has 6 heteroatoms. The Morgan fingerprint density at radius 1 is 1.57 bits per heavy atom. The van der Waals surface area contributed by atoms with Crippen LogP contribution in [0.15, 0.2) is 12.3 Å². The highest BCUT2D eigenvalue weighted by Gasteiger charge is 2.21. The van der Waals surface area contributed by atoms with Crippen molar-refractivity contribution in [3.8, 4) is 6.07 Å². The fourth-order valence-corrected chi connectivity index (χ4v) is 0.933. The molecule has 1 rings (SSSR count). The highest BCUT2D eigenvalue weighted by atomic mass is 19.1. The van der Waals surface area contributed by atoms with Gasteiger partial charge in [-0.15, -0.1) is 0 Å². The third-order valence-corrected chi connectivity index (χ3v) is 1.63. The van der Waals surface area contributed by atoms with Crippen molar-refractivity contribution >= 4 is 5.69 Å². The number of anilines is 1. The van der Waals surface area contributed by atoms with Gasteiger partial charge in [0.2, 0.25) is 0 Å². The quantitative estimate of drug-likeness (QED) is 0.566. The van der Waals surface area contributed by atoms with E-state index in [-0.39, 0.29) is 11.4 Å². The molecule has 0 amide bonds. The van der Waals surface area contributed by atoms with Crippen LogP contribution >= 0.6 is 0 Å². The van der Waals surface area contributed by atoms with Crippen LogP contribution in [0.1, 0.15) is 11.8 Å². The van der Waals surface area contributed by atoms with E-state index in [2.05, 4.69) is 4.98 Å². The molecule has 0 spiro atoms. The zero-order valence-electron chi connectivity index (χ0n) is 7.05. The van der Waals surface area contributed by atoms with Gasteiger partial charge in [0.15, 0.2) is 6.10 Å². The molecule has 1 aromatic rings. The molecule has 0 aliphatic rings. The smallest absolute Gasteiger partial charge is 0.172 e. The molecule has 0 saturated heterocycles. The number of pyridine rings is 1. The molecule has 0 saturated carbocycles. The lowest BCUT2D eigenvalue weighted by Gasteiger charge is -2.12. The Morgan fingerprint density at radius 2 is 2.21 bits per heavy atom. The SMILES string of the molecule is N#CC(O)C(O)c1ncc(F)cc1N. The molecule has 0 fully saturated rings. The predicted octanol–water partition coefficient (Wildman–Crippen LogP) is -0.279. The minimum atomic E-state index is -1.63. The standard InChI is InChI=1S/C8H8FN3O2/c9-4-1-5(11)7(12-3-4)8(14)6(13)2-10/h1,3,6,8,13-14H,11H2. The molecule has 0 aliphatic heterocycles. The molecule has 4 N–H and O–H groups in total. The summed E-state index contributed by atoms with van der Waals surface area (Å²) in [5.74, 6) is -0.648. The molecule has 2 unspecified atom stereocenters. The van der Waals surface area contributed by atoms with Gasteiger partial charge in [0.05, 0.1) is 23.6 Å². The number of nitrogens with zero attached hydrogens (tertiary/aromatic N) is 2. The number of rotatable bonds is 2. The second-order valence-electron chi connectivity index (χ2n) is 2.65. The first-order valence-corrected chi connectivity index (χ1v) is 3.73. The number of hydrogen-bond acceptors (Lipinski definition) is 5. The summed E-state index contributed by atoms with van der Waals surface area (Å²) in [4.78, 5) is 3.49. The number of nitriles is 1. The van der Waals surface area contributed by atoms with Crippen molar-refractivity contribution in [2.24, 2.45) is 0 Å². The molecule has 1 aromatic heterocycles. The lowest BCUT2D eigenvalue weighted by atomic mass is 10.1. The average Bonchev–Trinajstić information content (AvgIpc) is 2.15. The number of hydrogen-bond donors (Lipinski definition) is 3. The van der Waals surface area contributed by atoms with Gasteiger partial charge in [0, 0.05) is 6.07 Å². The largest absolute Gasteiger partial charge is 0.397 e. The monoisotopic (exact) mass is 197 g/mol. The van der Waals surface area contributed by atoms with Crippen molar-refractivity contribution in [3.05, 3.63) is 23.8 Å². The molecule has 0 aliphatic carbocycles. The highest BCUT2D eigenvalue weighted by molar-refractivity contribution is 5.44. The van der Waals surface area contributed by atoms with Gasteiger partial charge in [-0.05, 0) is 0 Å². The lowest BCUT2D eigenvalue weighted by molar-refractivity contribution is 0.0503. The van der Waals surface area contributed by atoms with Crippen LogP contribution in [0.3, 0.4) is 0 Å². The van der Waals surface area contributed by atoms with Crippen LogP contribution in [0.5, 0.6) is 0 Å². The van der Waals surface area contributed by atoms with Crippen LogP contribution < -0.4 is 5.73 Å². The summed E-state index contributed by atoms with van der Waals surface area (Å²) < 4.78 is 12.5. The molecule has 0 aromatic carbocycles. The predicted molar refractivity (Wildman–Crippen MR) is 45.2 cm³/mol. The molecule has 1 heterocycles. The number of aromatic nitrogens is 1. The summed E-state index contributed by atoms with van der Waals surface area (Å²) in [5, 5.41) is 26.6. The molecule has 14 heavy (non-hydrogen) atoms. The topological polar surface area (TPSA) is 103 Å². The van der Waals surface area contributed by atoms with E-state index in [9.17, 15) is 9.50 Å². The Bertz CT molecular complexity index is 377. The average molecular weight is 197 g/mol. The fourth-order valence-electron chi connectivity index (χ4n) is 0.933. The van der Waals surface area contributed by atoms with E-state index < -0.39 is 18.0 Å². The zero-order chi connectivity index (χ0) is 10.7. The van der Waals surface area contributed by atoms with Crippen LogP contribution in [0.4, 0.5) is 10.1 Å². The summed E-state index contributed by atoms with van der Waals surface area (Å²) >= 11 is 0. The summed E-state index contributed by atoms with van der Waals surface area (Å²) in [6.07, 6.45) is -2.31. The number of aliphatic hydroxyl groups excluding tert-OH is 2. The first-order chi connectivity index (χ1) is 6.56. The third kappa shape index (κ3) is 1.96. The van der Waals surface area contributed by atoms with E-state index in [1.807, 2.05) is 0 Å². The lowest BCUT2D eigenvalue weighted by Crippen LogP contribution is -2.18. The summed E-state index contributed by atoms with van der Waals surface area (Å²) in [5.41, 5.74) is 5.12. The van der Waals surface area contributed by atoms with Crippen LogP contribution in [0, 0.1) is 17.1 Å². The van der Waals surface area contributed by atoms with E-state index in [4.69, 9.17) is 16.1 Å². The normalized spacial score (nSPS) is 14.4. The van der Waals surface area contributed by atoms with Gasteiger partial charge in [-0.3, -0.25) is 4.98 Å². The van der Waals surface area contributed by atoms with Crippen LogP contribution in [0.25, 0.3) is 0 Å². The Hall–Kier alpha value is -1.71. The van der Waals surface area contributed by atoms with E-state index in [0.717, 1.165) is 12.3 Å². The molecular weight excluding hydrogens is 189 g/mol. The van der Waals surface area contributed by atoms with Gasteiger partial charge < -0.3 is 15.9 Å². The van der Waals surface area contributed by atoms with Crippen molar-refractivity contribution in [3.63, 3.8) is 0 Å². The van der Waals surface area contributed by atoms with E-state index in [1.54, 1.807) is 0 Å². The fraction of sp³-hybridized carbons (Fsp3) is 0.250. The molecule has 0 radical (unpaired) electrons. The second-order valence-corrected chi connectivity index (χ2v) is 2.65. The summed E-state index contributed by atoms with van der Waals surface area (Å²) in [6, 6.07) is 2.38. The molecule has 0 bridgehead atoms. The van der Waals surface area contributed by atoms with Crippen molar-refractivity contribution in [1.82, 2.24) is 4.98 Å². The highest BCUT2D eigenvalue weighted by Crippen LogP contribution is 2.20. The number of aliphatic hydroxyl groups is 2. The van der Waals surface area contributed by atoms with Crippen molar-refractivity contribution in [2.45, 2.75) is 12.2 Å². The van der Waals surface area contributed by atoms with Gasteiger partial charge in [0.1, 0.15) is 11.9 Å².